The largest absolute Gasteiger partial charge is 0.385 e. The molecule has 0 aliphatic heterocycles. The average Bonchev–Trinajstić information content (AvgIpc) is 2.41. The standard InChI is InChI=1S/C12H25N3O4/c1-10(12(17)14-5-4-7-18-2)15-9-11(16)13-6-8-19-3/h10,15H,4-9H2,1-3H3,(H,13,16)(H,14,17). The van der Waals surface area contributed by atoms with Crippen molar-refractivity contribution in [2.24, 2.45) is 0 Å². The highest BCUT2D eigenvalue weighted by molar-refractivity contribution is 5.83. The third-order valence-electron chi connectivity index (χ3n) is 2.41. The lowest BCUT2D eigenvalue weighted by Gasteiger charge is -2.13. The van der Waals surface area contributed by atoms with Crippen molar-refractivity contribution in [2.75, 3.05) is 47.1 Å². The zero-order valence-corrected chi connectivity index (χ0v) is 12.0. The fourth-order valence-electron chi connectivity index (χ4n) is 1.27. The van der Waals surface area contributed by atoms with Crippen molar-refractivity contribution in [1.29, 1.82) is 0 Å². The summed E-state index contributed by atoms with van der Waals surface area (Å²) in [5.74, 6) is -0.281. The molecule has 0 fully saturated rings. The molecular formula is C12H25N3O4. The van der Waals surface area contributed by atoms with Gasteiger partial charge in [-0.05, 0) is 13.3 Å². The summed E-state index contributed by atoms with van der Waals surface area (Å²) in [5.41, 5.74) is 0. The number of ether oxygens (including phenoxy) is 2. The first-order valence-electron chi connectivity index (χ1n) is 6.37. The minimum Gasteiger partial charge on any atom is -0.385 e. The maximum Gasteiger partial charge on any atom is 0.236 e. The molecular weight excluding hydrogens is 250 g/mol. The van der Waals surface area contributed by atoms with E-state index in [9.17, 15) is 9.59 Å². The highest BCUT2D eigenvalue weighted by Crippen LogP contribution is 1.83. The lowest BCUT2D eigenvalue weighted by molar-refractivity contribution is -0.123. The number of hydrogen-bond donors (Lipinski definition) is 3. The van der Waals surface area contributed by atoms with E-state index in [1.807, 2.05) is 0 Å². The molecule has 0 aliphatic carbocycles. The number of carbonyl (C=O) groups excluding carboxylic acids is 2. The lowest BCUT2D eigenvalue weighted by atomic mass is 10.3. The fourth-order valence-corrected chi connectivity index (χ4v) is 1.27. The first-order valence-corrected chi connectivity index (χ1v) is 6.37. The predicted molar refractivity (Wildman–Crippen MR) is 71.9 cm³/mol. The van der Waals surface area contributed by atoms with Crippen molar-refractivity contribution in [3.63, 3.8) is 0 Å². The third kappa shape index (κ3) is 10.4. The third-order valence-corrected chi connectivity index (χ3v) is 2.41. The second-order valence-corrected chi connectivity index (χ2v) is 4.08. The molecule has 1 atom stereocenters. The van der Waals surface area contributed by atoms with Crippen molar-refractivity contribution in [3.05, 3.63) is 0 Å². The molecule has 7 nitrogen and oxygen atoms in total. The molecule has 0 saturated heterocycles. The van der Waals surface area contributed by atoms with E-state index < -0.39 is 6.04 Å². The number of hydrogen-bond acceptors (Lipinski definition) is 5. The molecule has 0 radical (unpaired) electrons. The Kier molecular flexibility index (Phi) is 11.1. The van der Waals surface area contributed by atoms with Gasteiger partial charge < -0.3 is 20.1 Å². The molecule has 0 aromatic rings. The van der Waals surface area contributed by atoms with Crippen LogP contribution in [-0.4, -0.2) is 64.9 Å². The van der Waals surface area contributed by atoms with E-state index >= 15 is 0 Å². The summed E-state index contributed by atoms with van der Waals surface area (Å²) in [7, 11) is 3.19. The van der Waals surface area contributed by atoms with Gasteiger partial charge in [0.15, 0.2) is 0 Å². The average molecular weight is 275 g/mol. The van der Waals surface area contributed by atoms with Gasteiger partial charge >= 0.3 is 0 Å². The second kappa shape index (κ2) is 11.9. The van der Waals surface area contributed by atoms with Gasteiger partial charge in [0, 0.05) is 33.9 Å². The zero-order valence-electron chi connectivity index (χ0n) is 12.0. The maximum atomic E-state index is 11.6. The van der Waals surface area contributed by atoms with Gasteiger partial charge in [0.2, 0.25) is 11.8 Å². The first kappa shape index (κ1) is 17.8. The Balaban J connectivity index is 3.63. The Morgan fingerprint density at radius 1 is 1.05 bits per heavy atom. The van der Waals surface area contributed by atoms with E-state index in [1.54, 1.807) is 21.1 Å². The highest BCUT2D eigenvalue weighted by atomic mass is 16.5. The number of rotatable bonds is 11. The van der Waals surface area contributed by atoms with Crippen LogP contribution in [0.2, 0.25) is 0 Å². The summed E-state index contributed by atoms with van der Waals surface area (Å²) < 4.78 is 9.69. The number of nitrogens with one attached hydrogen (secondary N) is 3. The van der Waals surface area contributed by atoms with E-state index in [0.717, 1.165) is 6.42 Å². The summed E-state index contributed by atoms with van der Waals surface area (Å²) in [6.07, 6.45) is 0.770. The summed E-state index contributed by atoms with van der Waals surface area (Å²) in [4.78, 5) is 23.0. The minimum atomic E-state index is -0.407. The van der Waals surface area contributed by atoms with Crippen LogP contribution >= 0.6 is 0 Å². The molecule has 1 unspecified atom stereocenters. The maximum absolute atomic E-state index is 11.6. The summed E-state index contributed by atoms with van der Waals surface area (Å²) in [5, 5.41) is 8.28. The molecule has 2 amide bonds. The van der Waals surface area contributed by atoms with Crippen molar-refractivity contribution in [2.45, 2.75) is 19.4 Å². The summed E-state index contributed by atoms with van der Waals surface area (Å²) in [6.45, 7) is 3.95. The molecule has 3 N–H and O–H groups in total. The topological polar surface area (TPSA) is 88.7 Å². The van der Waals surface area contributed by atoms with Crippen LogP contribution in [-0.2, 0) is 19.1 Å². The monoisotopic (exact) mass is 275 g/mol. The predicted octanol–water partition coefficient (Wildman–Crippen LogP) is -1.12. The first-order chi connectivity index (χ1) is 9.11. The van der Waals surface area contributed by atoms with E-state index in [-0.39, 0.29) is 18.4 Å². The van der Waals surface area contributed by atoms with Gasteiger partial charge in [-0.3, -0.25) is 14.9 Å². The Labute approximate surface area is 114 Å². The van der Waals surface area contributed by atoms with Crippen LogP contribution in [0.3, 0.4) is 0 Å². The van der Waals surface area contributed by atoms with Crippen molar-refractivity contribution >= 4 is 11.8 Å². The van der Waals surface area contributed by atoms with Crippen LogP contribution in [0.4, 0.5) is 0 Å². The Morgan fingerprint density at radius 3 is 2.37 bits per heavy atom. The molecule has 19 heavy (non-hydrogen) atoms. The van der Waals surface area contributed by atoms with Gasteiger partial charge in [0.05, 0.1) is 19.2 Å². The van der Waals surface area contributed by atoms with Gasteiger partial charge in [-0.2, -0.15) is 0 Å². The van der Waals surface area contributed by atoms with Crippen LogP contribution in [0.5, 0.6) is 0 Å². The molecule has 0 bridgehead atoms. The van der Waals surface area contributed by atoms with Gasteiger partial charge in [0.1, 0.15) is 0 Å². The quantitative estimate of drug-likeness (QED) is 0.416. The van der Waals surface area contributed by atoms with Gasteiger partial charge in [-0.1, -0.05) is 0 Å². The molecule has 0 heterocycles. The smallest absolute Gasteiger partial charge is 0.236 e. The zero-order chi connectivity index (χ0) is 14.5. The SMILES string of the molecule is COCCCNC(=O)C(C)NCC(=O)NCCOC. The van der Waals surface area contributed by atoms with E-state index in [2.05, 4.69) is 16.0 Å². The van der Waals surface area contributed by atoms with Crippen LogP contribution in [0.25, 0.3) is 0 Å². The molecule has 112 valence electrons. The van der Waals surface area contributed by atoms with Gasteiger partial charge in [-0.25, -0.2) is 0 Å². The molecule has 0 aromatic carbocycles. The Bertz CT molecular complexity index is 261. The molecule has 0 rings (SSSR count). The number of carbonyl (C=O) groups is 2. The van der Waals surface area contributed by atoms with Crippen LogP contribution in [0.15, 0.2) is 0 Å². The van der Waals surface area contributed by atoms with E-state index in [1.165, 1.54) is 0 Å². The normalized spacial score (nSPS) is 11.9. The minimum absolute atomic E-state index is 0.108. The molecule has 7 heteroatoms. The van der Waals surface area contributed by atoms with Crippen molar-refractivity contribution in [1.82, 2.24) is 16.0 Å². The second-order valence-electron chi connectivity index (χ2n) is 4.08. The van der Waals surface area contributed by atoms with Gasteiger partial charge in [0.25, 0.3) is 0 Å². The fraction of sp³-hybridized carbons (Fsp3) is 0.833. The number of methoxy groups -OCH3 is 2. The highest BCUT2D eigenvalue weighted by Gasteiger charge is 2.12. The van der Waals surface area contributed by atoms with Crippen LogP contribution < -0.4 is 16.0 Å². The molecule has 0 saturated carbocycles. The van der Waals surface area contributed by atoms with E-state index in [0.29, 0.717) is 26.3 Å². The summed E-state index contributed by atoms with van der Waals surface area (Å²) in [6, 6.07) is -0.407. The van der Waals surface area contributed by atoms with Gasteiger partial charge in [-0.15, -0.1) is 0 Å². The summed E-state index contributed by atoms with van der Waals surface area (Å²) >= 11 is 0. The molecule has 0 aliphatic rings. The molecule has 0 spiro atoms. The van der Waals surface area contributed by atoms with Crippen LogP contribution in [0, 0.1) is 0 Å². The molecule has 0 aromatic heterocycles. The van der Waals surface area contributed by atoms with Crippen molar-refractivity contribution in [3.8, 4) is 0 Å². The Hall–Kier alpha value is -1.18. The van der Waals surface area contributed by atoms with Crippen LogP contribution in [0.1, 0.15) is 13.3 Å². The Morgan fingerprint density at radius 2 is 1.74 bits per heavy atom. The lowest BCUT2D eigenvalue weighted by Crippen LogP contribution is -2.46. The number of amides is 2. The van der Waals surface area contributed by atoms with E-state index in [4.69, 9.17) is 9.47 Å². The van der Waals surface area contributed by atoms with Crippen molar-refractivity contribution < 1.29 is 19.1 Å².